The van der Waals surface area contributed by atoms with Crippen molar-refractivity contribution in [3.8, 4) is 0 Å². The topological polar surface area (TPSA) is 44.8 Å². The van der Waals surface area contributed by atoms with E-state index >= 15 is 0 Å². The van der Waals surface area contributed by atoms with Crippen LogP contribution in [0.25, 0.3) is 0 Å². The Kier molecular flexibility index (Phi) is 6.96. The first kappa shape index (κ1) is 14.3. The van der Waals surface area contributed by atoms with Crippen LogP contribution in [0.3, 0.4) is 0 Å². The highest BCUT2D eigenvalue weighted by Crippen LogP contribution is 2.07. The minimum atomic E-state index is 0.0878. The van der Waals surface area contributed by atoms with Crippen LogP contribution in [-0.2, 0) is 4.74 Å². The smallest absolute Gasteiger partial charge is 0.317 e. The molecule has 100 valence electrons. The first-order chi connectivity index (χ1) is 8.24. The third kappa shape index (κ3) is 5.89. The second-order valence-corrected chi connectivity index (χ2v) is 4.58. The summed E-state index contributed by atoms with van der Waals surface area (Å²) in [5.74, 6) is 0. The van der Waals surface area contributed by atoms with Crippen LogP contribution in [0, 0.1) is 0 Å². The molecule has 0 bridgehead atoms. The molecule has 1 aliphatic rings. The Balaban J connectivity index is 2.06. The van der Waals surface area contributed by atoms with Crippen molar-refractivity contribution in [3.63, 3.8) is 0 Å². The van der Waals surface area contributed by atoms with Crippen LogP contribution in [0.4, 0.5) is 4.79 Å². The maximum Gasteiger partial charge on any atom is 0.317 e. The van der Waals surface area contributed by atoms with E-state index in [1.165, 1.54) is 6.42 Å². The summed E-state index contributed by atoms with van der Waals surface area (Å²) in [6, 6.07) is 0.0878. The summed E-state index contributed by atoms with van der Waals surface area (Å²) in [5.41, 5.74) is 0. The van der Waals surface area contributed by atoms with Gasteiger partial charge in [0.15, 0.2) is 0 Å². The molecular formula is C12H25N3O2. The molecule has 1 aliphatic heterocycles. The second kappa shape index (κ2) is 8.31. The lowest BCUT2D eigenvalue weighted by atomic mass is 10.1. The zero-order chi connectivity index (χ0) is 12.5. The first-order valence-corrected chi connectivity index (χ1v) is 6.44. The Hall–Kier alpha value is -0.810. The van der Waals surface area contributed by atoms with Crippen LogP contribution in [-0.4, -0.2) is 69.3 Å². The molecule has 0 atom stereocenters. The number of nitrogens with one attached hydrogen (secondary N) is 1. The van der Waals surface area contributed by atoms with Gasteiger partial charge in [-0.25, -0.2) is 4.79 Å². The van der Waals surface area contributed by atoms with Crippen LogP contribution < -0.4 is 5.32 Å². The molecule has 0 radical (unpaired) electrons. The predicted molar refractivity (Wildman–Crippen MR) is 68.2 cm³/mol. The van der Waals surface area contributed by atoms with Crippen LogP contribution in [0.2, 0.25) is 0 Å². The van der Waals surface area contributed by atoms with Crippen molar-refractivity contribution in [3.05, 3.63) is 0 Å². The van der Waals surface area contributed by atoms with Crippen LogP contribution >= 0.6 is 0 Å². The monoisotopic (exact) mass is 243 g/mol. The zero-order valence-corrected chi connectivity index (χ0v) is 11.1. The van der Waals surface area contributed by atoms with E-state index in [4.69, 9.17) is 4.74 Å². The number of methoxy groups -OCH3 is 1. The van der Waals surface area contributed by atoms with E-state index < -0.39 is 0 Å². The number of likely N-dealkylation sites (tertiary alicyclic amines) is 1. The minimum absolute atomic E-state index is 0.0878. The number of rotatable bonds is 6. The van der Waals surface area contributed by atoms with Crippen molar-refractivity contribution >= 4 is 6.03 Å². The Morgan fingerprint density at radius 1 is 1.29 bits per heavy atom. The number of carbonyl (C=O) groups excluding carboxylic acids is 1. The quantitative estimate of drug-likeness (QED) is 0.749. The molecule has 2 amide bonds. The summed E-state index contributed by atoms with van der Waals surface area (Å²) < 4.78 is 5.00. The molecule has 0 spiro atoms. The molecule has 1 N–H and O–H groups in total. The van der Waals surface area contributed by atoms with Gasteiger partial charge < -0.3 is 19.9 Å². The maximum atomic E-state index is 11.8. The Morgan fingerprint density at radius 2 is 2.00 bits per heavy atom. The van der Waals surface area contributed by atoms with Gasteiger partial charge in [0, 0.05) is 39.8 Å². The van der Waals surface area contributed by atoms with Crippen molar-refractivity contribution in [2.75, 3.05) is 53.5 Å². The van der Waals surface area contributed by atoms with Gasteiger partial charge in [-0.15, -0.1) is 0 Å². The second-order valence-electron chi connectivity index (χ2n) is 4.58. The van der Waals surface area contributed by atoms with E-state index in [1.54, 1.807) is 7.11 Å². The molecular weight excluding hydrogens is 218 g/mol. The van der Waals surface area contributed by atoms with Gasteiger partial charge in [-0.1, -0.05) is 0 Å². The van der Waals surface area contributed by atoms with Crippen molar-refractivity contribution in [2.45, 2.75) is 19.3 Å². The number of urea groups is 1. The summed E-state index contributed by atoms with van der Waals surface area (Å²) in [6.45, 7) is 5.02. The number of piperidine rings is 1. The summed E-state index contributed by atoms with van der Waals surface area (Å²) >= 11 is 0. The molecule has 0 aromatic rings. The van der Waals surface area contributed by atoms with Gasteiger partial charge in [0.1, 0.15) is 0 Å². The van der Waals surface area contributed by atoms with Crippen molar-refractivity contribution in [1.29, 1.82) is 0 Å². The molecule has 1 saturated heterocycles. The van der Waals surface area contributed by atoms with E-state index in [0.717, 1.165) is 45.6 Å². The van der Waals surface area contributed by atoms with Crippen molar-refractivity contribution < 1.29 is 9.53 Å². The molecule has 1 heterocycles. The highest BCUT2D eigenvalue weighted by Gasteiger charge is 2.15. The van der Waals surface area contributed by atoms with Gasteiger partial charge in [0.25, 0.3) is 0 Å². The van der Waals surface area contributed by atoms with Gasteiger partial charge in [0.2, 0.25) is 0 Å². The fourth-order valence-electron chi connectivity index (χ4n) is 1.92. The fourth-order valence-corrected chi connectivity index (χ4v) is 1.92. The molecule has 0 saturated carbocycles. The number of likely N-dealkylation sites (N-methyl/N-ethyl adjacent to an activating group) is 1. The highest BCUT2D eigenvalue weighted by atomic mass is 16.5. The lowest BCUT2D eigenvalue weighted by Gasteiger charge is -2.27. The summed E-state index contributed by atoms with van der Waals surface area (Å²) in [5, 5.41) is 2.96. The molecule has 5 nitrogen and oxygen atoms in total. The zero-order valence-electron chi connectivity index (χ0n) is 11.1. The molecule has 0 unspecified atom stereocenters. The lowest BCUT2D eigenvalue weighted by Crippen LogP contribution is -2.45. The molecule has 0 aliphatic carbocycles. The fraction of sp³-hybridized carbons (Fsp3) is 0.917. The molecule has 17 heavy (non-hydrogen) atoms. The number of ether oxygens (including phenoxy) is 1. The average Bonchev–Trinajstić information content (AvgIpc) is 2.37. The summed E-state index contributed by atoms with van der Waals surface area (Å²) in [6.07, 6.45) is 3.53. The van der Waals surface area contributed by atoms with Crippen LogP contribution in [0.5, 0.6) is 0 Å². The first-order valence-electron chi connectivity index (χ1n) is 6.44. The van der Waals surface area contributed by atoms with Crippen molar-refractivity contribution in [1.82, 2.24) is 15.1 Å². The van der Waals surface area contributed by atoms with E-state index in [1.807, 2.05) is 11.9 Å². The minimum Gasteiger partial charge on any atom is -0.383 e. The van der Waals surface area contributed by atoms with Gasteiger partial charge in [0.05, 0.1) is 6.61 Å². The van der Waals surface area contributed by atoms with E-state index in [2.05, 4.69) is 10.2 Å². The highest BCUT2D eigenvalue weighted by molar-refractivity contribution is 5.74. The lowest BCUT2D eigenvalue weighted by molar-refractivity contribution is 0.159. The van der Waals surface area contributed by atoms with Gasteiger partial charge in [-0.3, -0.25) is 0 Å². The molecule has 1 rings (SSSR count). The number of hydrogen-bond acceptors (Lipinski definition) is 3. The number of nitrogens with zero attached hydrogens (tertiary/aromatic N) is 2. The van der Waals surface area contributed by atoms with Gasteiger partial charge in [-0.2, -0.15) is 0 Å². The number of carbonyl (C=O) groups is 1. The van der Waals surface area contributed by atoms with Gasteiger partial charge >= 0.3 is 6.03 Å². The summed E-state index contributed by atoms with van der Waals surface area (Å²) in [7, 11) is 3.73. The third-order valence-corrected chi connectivity index (χ3v) is 3.09. The SMILES string of the molecule is COCCN(C)CCNC(=O)N1CCCCC1. The standard InChI is InChI=1S/C12H25N3O2/c1-14(10-11-17-2)9-6-13-12(16)15-7-4-3-5-8-15/h3-11H2,1-2H3,(H,13,16). The van der Waals surface area contributed by atoms with Gasteiger partial charge in [-0.05, 0) is 26.3 Å². The Labute approximate surface area is 104 Å². The van der Waals surface area contributed by atoms with Crippen LogP contribution in [0.1, 0.15) is 19.3 Å². The maximum absolute atomic E-state index is 11.8. The van der Waals surface area contributed by atoms with Crippen molar-refractivity contribution in [2.24, 2.45) is 0 Å². The molecule has 5 heteroatoms. The van der Waals surface area contributed by atoms with E-state index in [0.29, 0.717) is 6.54 Å². The number of hydrogen-bond donors (Lipinski definition) is 1. The largest absolute Gasteiger partial charge is 0.383 e. The number of amides is 2. The van der Waals surface area contributed by atoms with Crippen LogP contribution in [0.15, 0.2) is 0 Å². The summed E-state index contributed by atoms with van der Waals surface area (Å²) in [4.78, 5) is 15.8. The van der Waals surface area contributed by atoms with E-state index in [9.17, 15) is 4.79 Å². The van der Waals surface area contributed by atoms with E-state index in [-0.39, 0.29) is 6.03 Å². The Bertz CT molecular complexity index is 218. The average molecular weight is 243 g/mol. The normalized spacial score (nSPS) is 16.3. The Morgan fingerprint density at radius 3 is 2.65 bits per heavy atom. The molecule has 0 aromatic heterocycles. The molecule has 1 fully saturated rings. The predicted octanol–water partition coefficient (Wildman–Crippen LogP) is 0.760. The molecule has 0 aromatic carbocycles. The third-order valence-electron chi connectivity index (χ3n) is 3.09.